The summed E-state index contributed by atoms with van der Waals surface area (Å²) in [5, 5.41) is 3.02. The lowest BCUT2D eigenvalue weighted by Crippen LogP contribution is -2.38. The summed E-state index contributed by atoms with van der Waals surface area (Å²) in [5.41, 5.74) is 4.95. The zero-order chi connectivity index (χ0) is 20.6. The molecule has 2 aromatic carbocycles. The summed E-state index contributed by atoms with van der Waals surface area (Å²) in [6.45, 7) is 7.86. The molecule has 0 atom stereocenters. The molecule has 0 fully saturated rings. The molecular weight excluding hydrogens is 366 g/mol. The summed E-state index contributed by atoms with van der Waals surface area (Å²) in [6.07, 6.45) is 0.597. The summed E-state index contributed by atoms with van der Waals surface area (Å²) >= 11 is 0. The Morgan fingerprint density at radius 1 is 1.03 bits per heavy atom. The first-order chi connectivity index (χ1) is 13.8. The highest BCUT2D eigenvalue weighted by Gasteiger charge is 2.28. The van der Waals surface area contributed by atoms with Crippen LogP contribution >= 0.6 is 0 Å². The summed E-state index contributed by atoms with van der Waals surface area (Å²) in [7, 11) is 0. The van der Waals surface area contributed by atoms with E-state index in [2.05, 4.69) is 17.4 Å². The van der Waals surface area contributed by atoms with Gasteiger partial charge in [-0.05, 0) is 55.5 Å². The fourth-order valence-electron chi connectivity index (χ4n) is 3.84. The molecular formula is C23H27N3O3. The molecule has 3 amide bonds. The second-order valence-corrected chi connectivity index (χ2v) is 8.63. The number of hydrogen-bond donors (Lipinski definition) is 1. The van der Waals surface area contributed by atoms with Gasteiger partial charge in [-0.25, -0.2) is 9.59 Å². The molecule has 6 nitrogen and oxygen atoms in total. The van der Waals surface area contributed by atoms with Gasteiger partial charge in [0.2, 0.25) is 0 Å². The molecule has 2 aliphatic heterocycles. The van der Waals surface area contributed by atoms with E-state index >= 15 is 0 Å². The molecule has 0 saturated carbocycles. The van der Waals surface area contributed by atoms with E-state index in [9.17, 15) is 9.59 Å². The number of nitrogens with one attached hydrogen (secondary N) is 1. The Balaban J connectivity index is 1.36. The minimum absolute atomic E-state index is 0.0779. The van der Waals surface area contributed by atoms with Gasteiger partial charge in [-0.15, -0.1) is 0 Å². The first-order valence-corrected chi connectivity index (χ1v) is 10.0. The zero-order valence-corrected chi connectivity index (χ0v) is 17.2. The number of amides is 3. The van der Waals surface area contributed by atoms with Gasteiger partial charge in [-0.1, -0.05) is 36.4 Å². The average molecular weight is 393 g/mol. The minimum atomic E-state index is -0.504. The second kappa shape index (κ2) is 7.43. The number of urea groups is 1. The predicted octanol–water partition coefficient (Wildman–Crippen LogP) is 4.21. The van der Waals surface area contributed by atoms with Gasteiger partial charge in [0.15, 0.2) is 0 Å². The number of benzene rings is 2. The van der Waals surface area contributed by atoms with Gasteiger partial charge >= 0.3 is 12.1 Å². The van der Waals surface area contributed by atoms with Crippen molar-refractivity contribution in [1.29, 1.82) is 0 Å². The molecule has 0 aliphatic carbocycles. The number of carbonyl (C=O) groups excluding carboxylic acids is 2. The maximum Gasteiger partial charge on any atom is 0.410 e. The first-order valence-electron chi connectivity index (χ1n) is 10.0. The van der Waals surface area contributed by atoms with Crippen molar-refractivity contribution < 1.29 is 14.3 Å². The van der Waals surface area contributed by atoms with Crippen LogP contribution in [0.3, 0.4) is 0 Å². The van der Waals surface area contributed by atoms with Crippen molar-refractivity contribution in [2.45, 2.75) is 52.4 Å². The number of fused-ring (bicyclic) bond motifs is 2. The standard InChI is InChI=1S/C23H27N3O3/c1-23(2,3)29-22(28)25-14-18-9-8-16(12-19(18)15-25)13-24-21(27)26-11-10-17-6-4-5-7-20(17)26/h4-9,12H,10-11,13-15H2,1-3H3,(H,24,27). The van der Waals surface area contributed by atoms with Crippen LogP contribution in [0.2, 0.25) is 0 Å². The van der Waals surface area contributed by atoms with Gasteiger partial charge in [-0.3, -0.25) is 9.80 Å². The molecule has 152 valence electrons. The fourth-order valence-corrected chi connectivity index (χ4v) is 3.84. The number of rotatable bonds is 2. The predicted molar refractivity (Wildman–Crippen MR) is 112 cm³/mol. The maximum atomic E-state index is 12.6. The Labute approximate surface area is 171 Å². The van der Waals surface area contributed by atoms with E-state index in [1.165, 1.54) is 5.56 Å². The number of ether oxygens (including phenoxy) is 1. The third kappa shape index (κ3) is 4.21. The third-order valence-corrected chi connectivity index (χ3v) is 5.22. The van der Waals surface area contributed by atoms with Crippen LogP contribution in [-0.4, -0.2) is 29.2 Å². The van der Waals surface area contributed by atoms with E-state index in [0.29, 0.717) is 26.2 Å². The van der Waals surface area contributed by atoms with E-state index < -0.39 is 5.60 Å². The average Bonchev–Trinajstić information content (AvgIpc) is 3.28. The fraction of sp³-hybridized carbons (Fsp3) is 0.391. The number of carbonyl (C=O) groups is 2. The Kier molecular flexibility index (Phi) is 4.94. The highest BCUT2D eigenvalue weighted by molar-refractivity contribution is 5.94. The number of para-hydroxylation sites is 1. The Morgan fingerprint density at radius 3 is 2.59 bits per heavy atom. The molecule has 0 aromatic heterocycles. The first kappa shape index (κ1) is 19.3. The lowest BCUT2D eigenvalue weighted by atomic mass is 10.1. The molecule has 0 saturated heterocycles. The van der Waals surface area contributed by atoms with Gasteiger partial charge in [0.05, 0.1) is 0 Å². The van der Waals surface area contributed by atoms with Crippen LogP contribution in [0.25, 0.3) is 0 Å². The molecule has 0 unspecified atom stereocenters. The molecule has 0 bridgehead atoms. The van der Waals surface area contributed by atoms with Gasteiger partial charge < -0.3 is 10.1 Å². The van der Waals surface area contributed by atoms with Crippen LogP contribution < -0.4 is 10.2 Å². The Hall–Kier alpha value is -3.02. The van der Waals surface area contributed by atoms with Crippen molar-refractivity contribution in [3.05, 3.63) is 64.7 Å². The van der Waals surface area contributed by atoms with Crippen LogP contribution in [-0.2, 0) is 30.8 Å². The normalized spacial score (nSPS) is 15.1. The quantitative estimate of drug-likeness (QED) is 0.831. The number of anilines is 1. The molecule has 6 heteroatoms. The maximum absolute atomic E-state index is 12.6. The van der Waals surface area contributed by atoms with Gasteiger partial charge in [0, 0.05) is 31.9 Å². The van der Waals surface area contributed by atoms with Gasteiger partial charge in [0.25, 0.3) is 0 Å². The highest BCUT2D eigenvalue weighted by atomic mass is 16.6. The van der Waals surface area contributed by atoms with Crippen molar-refractivity contribution in [2.75, 3.05) is 11.4 Å². The molecule has 2 aromatic rings. The van der Waals surface area contributed by atoms with Crippen molar-refractivity contribution in [3.8, 4) is 0 Å². The van der Waals surface area contributed by atoms with E-state index in [0.717, 1.165) is 28.8 Å². The smallest absolute Gasteiger partial charge is 0.410 e. The third-order valence-electron chi connectivity index (χ3n) is 5.22. The number of nitrogens with zero attached hydrogens (tertiary/aromatic N) is 2. The van der Waals surface area contributed by atoms with Crippen molar-refractivity contribution in [2.24, 2.45) is 0 Å². The topological polar surface area (TPSA) is 61.9 Å². The van der Waals surface area contributed by atoms with Crippen LogP contribution in [0.5, 0.6) is 0 Å². The SMILES string of the molecule is CC(C)(C)OC(=O)N1Cc2ccc(CNC(=O)N3CCc4ccccc43)cc2C1. The van der Waals surface area contributed by atoms with Crippen LogP contribution in [0.15, 0.2) is 42.5 Å². The zero-order valence-electron chi connectivity index (χ0n) is 17.2. The monoisotopic (exact) mass is 393 g/mol. The Bertz CT molecular complexity index is 949. The molecule has 2 heterocycles. The van der Waals surface area contributed by atoms with Crippen molar-refractivity contribution >= 4 is 17.8 Å². The molecule has 4 rings (SSSR count). The summed E-state index contributed by atoms with van der Waals surface area (Å²) in [6, 6.07) is 14.1. The van der Waals surface area contributed by atoms with E-state index in [-0.39, 0.29) is 12.1 Å². The van der Waals surface area contributed by atoms with E-state index in [1.54, 1.807) is 9.80 Å². The number of hydrogen-bond acceptors (Lipinski definition) is 3. The van der Waals surface area contributed by atoms with Crippen molar-refractivity contribution in [1.82, 2.24) is 10.2 Å². The molecule has 2 aliphatic rings. The summed E-state index contributed by atoms with van der Waals surface area (Å²) in [5.74, 6) is 0. The Morgan fingerprint density at radius 2 is 1.79 bits per heavy atom. The molecule has 29 heavy (non-hydrogen) atoms. The second-order valence-electron chi connectivity index (χ2n) is 8.63. The van der Waals surface area contributed by atoms with Crippen LogP contribution in [0.4, 0.5) is 15.3 Å². The van der Waals surface area contributed by atoms with Crippen LogP contribution in [0, 0.1) is 0 Å². The largest absolute Gasteiger partial charge is 0.444 e. The van der Waals surface area contributed by atoms with Crippen molar-refractivity contribution in [3.63, 3.8) is 0 Å². The minimum Gasteiger partial charge on any atom is -0.444 e. The lowest BCUT2D eigenvalue weighted by molar-refractivity contribution is 0.0242. The van der Waals surface area contributed by atoms with E-state index in [4.69, 9.17) is 4.74 Å². The molecule has 1 N–H and O–H groups in total. The molecule has 0 radical (unpaired) electrons. The van der Waals surface area contributed by atoms with Crippen LogP contribution in [0.1, 0.15) is 43.0 Å². The lowest BCUT2D eigenvalue weighted by Gasteiger charge is -2.24. The highest BCUT2D eigenvalue weighted by Crippen LogP contribution is 2.28. The molecule has 0 spiro atoms. The summed E-state index contributed by atoms with van der Waals surface area (Å²) in [4.78, 5) is 28.5. The van der Waals surface area contributed by atoms with Gasteiger partial charge in [-0.2, -0.15) is 0 Å². The van der Waals surface area contributed by atoms with E-state index in [1.807, 2.05) is 51.1 Å². The van der Waals surface area contributed by atoms with Gasteiger partial charge in [0.1, 0.15) is 5.60 Å². The summed E-state index contributed by atoms with van der Waals surface area (Å²) < 4.78 is 5.47.